The van der Waals surface area contributed by atoms with Gasteiger partial charge < -0.3 is 24.8 Å². The van der Waals surface area contributed by atoms with E-state index >= 15 is 0 Å². The molecule has 0 aromatic heterocycles. The molecule has 8 heteroatoms. The van der Waals surface area contributed by atoms with Crippen LogP contribution in [-0.4, -0.2) is 55.5 Å². The highest BCUT2D eigenvalue weighted by molar-refractivity contribution is 5.86. The van der Waals surface area contributed by atoms with Crippen LogP contribution in [0, 0.1) is 12.8 Å². The van der Waals surface area contributed by atoms with Gasteiger partial charge in [-0.3, -0.25) is 9.59 Å². The van der Waals surface area contributed by atoms with Crippen molar-refractivity contribution in [3.8, 4) is 0 Å². The number of ether oxygens (including phenoxy) is 3. The Balaban J connectivity index is 2.81. The minimum absolute atomic E-state index is 0.0816. The Morgan fingerprint density at radius 3 is 2.21 bits per heavy atom. The number of alkyl carbamates (subject to hydrolysis) is 1. The molecular formula is C25H40N2O6. The van der Waals surface area contributed by atoms with Crippen LogP contribution in [0.15, 0.2) is 24.3 Å². The molecule has 33 heavy (non-hydrogen) atoms. The van der Waals surface area contributed by atoms with Crippen LogP contribution < -0.4 is 10.6 Å². The quantitative estimate of drug-likeness (QED) is 0.362. The van der Waals surface area contributed by atoms with Gasteiger partial charge in [0.1, 0.15) is 11.6 Å². The van der Waals surface area contributed by atoms with Crippen molar-refractivity contribution in [3.05, 3.63) is 35.4 Å². The first kappa shape index (κ1) is 28.4. The highest BCUT2D eigenvalue weighted by atomic mass is 16.6. The van der Waals surface area contributed by atoms with Crippen LogP contribution in [0.4, 0.5) is 4.79 Å². The molecule has 0 radical (unpaired) electrons. The van der Waals surface area contributed by atoms with Gasteiger partial charge in [-0.05, 0) is 46.1 Å². The van der Waals surface area contributed by atoms with Gasteiger partial charge in [-0.15, -0.1) is 0 Å². The van der Waals surface area contributed by atoms with E-state index in [1.807, 2.05) is 45.0 Å². The summed E-state index contributed by atoms with van der Waals surface area (Å²) in [6.07, 6.45) is -0.176. The summed E-state index contributed by atoms with van der Waals surface area (Å²) >= 11 is 0. The van der Waals surface area contributed by atoms with Crippen LogP contribution in [0.5, 0.6) is 0 Å². The van der Waals surface area contributed by atoms with Crippen LogP contribution in [-0.2, 0) is 30.2 Å². The molecule has 0 saturated carbocycles. The van der Waals surface area contributed by atoms with Gasteiger partial charge in [-0.2, -0.15) is 0 Å². The number of aryl methyl sites for hydroxylation is 1. The lowest BCUT2D eigenvalue weighted by atomic mass is 10.0. The lowest BCUT2D eigenvalue weighted by Gasteiger charge is -2.27. The van der Waals surface area contributed by atoms with Crippen molar-refractivity contribution in [1.82, 2.24) is 10.6 Å². The monoisotopic (exact) mass is 464 g/mol. The fourth-order valence-corrected chi connectivity index (χ4v) is 2.90. The van der Waals surface area contributed by atoms with Crippen molar-refractivity contribution in [1.29, 1.82) is 0 Å². The molecule has 0 heterocycles. The average molecular weight is 465 g/mol. The highest BCUT2D eigenvalue weighted by Gasteiger charge is 2.27. The predicted molar refractivity (Wildman–Crippen MR) is 127 cm³/mol. The summed E-state index contributed by atoms with van der Waals surface area (Å²) in [6.45, 7) is 13.8. The summed E-state index contributed by atoms with van der Waals surface area (Å²) in [5.41, 5.74) is 1.35. The van der Waals surface area contributed by atoms with Crippen molar-refractivity contribution in [3.63, 3.8) is 0 Å². The zero-order valence-corrected chi connectivity index (χ0v) is 21.0. The Bertz CT molecular complexity index is 755. The van der Waals surface area contributed by atoms with E-state index < -0.39 is 17.7 Å². The van der Waals surface area contributed by atoms with Crippen molar-refractivity contribution in [2.45, 2.75) is 79.0 Å². The van der Waals surface area contributed by atoms with Crippen molar-refractivity contribution >= 4 is 18.0 Å². The fraction of sp³-hybridized carbons (Fsp3) is 0.640. The molecule has 2 atom stereocenters. The molecule has 2 N–H and O–H groups in total. The average Bonchev–Trinajstić information content (AvgIpc) is 2.69. The number of carbonyl (C=O) groups is 3. The molecule has 0 bridgehead atoms. The topological polar surface area (TPSA) is 103 Å². The van der Waals surface area contributed by atoms with Crippen molar-refractivity contribution < 1.29 is 28.6 Å². The highest BCUT2D eigenvalue weighted by Crippen LogP contribution is 2.11. The number of carbonyl (C=O) groups excluding carboxylic acids is 3. The van der Waals surface area contributed by atoms with Gasteiger partial charge in [0.15, 0.2) is 0 Å². The van der Waals surface area contributed by atoms with E-state index in [-0.39, 0.29) is 43.5 Å². The third kappa shape index (κ3) is 12.3. The summed E-state index contributed by atoms with van der Waals surface area (Å²) in [4.78, 5) is 37.0. The number of nitrogens with one attached hydrogen (secondary N) is 2. The summed E-state index contributed by atoms with van der Waals surface area (Å²) in [5, 5.41) is 5.68. The first-order valence-corrected chi connectivity index (χ1v) is 11.5. The largest absolute Gasteiger partial charge is 0.466 e. The van der Waals surface area contributed by atoms with Crippen LogP contribution in [0.25, 0.3) is 0 Å². The third-order valence-corrected chi connectivity index (χ3v) is 4.75. The van der Waals surface area contributed by atoms with E-state index in [0.717, 1.165) is 11.1 Å². The minimum atomic E-state index is -0.816. The molecule has 1 aromatic carbocycles. The van der Waals surface area contributed by atoms with E-state index in [2.05, 4.69) is 10.6 Å². The number of rotatable bonds is 12. The Hall–Kier alpha value is -2.61. The predicted octanol–water partition coefficient (Wildman–Crippen LogP) is 3.54. The Morgan fingerprint density at radius 2 is 1.67 bits per heavy atom. The standard InChI is InChI=1S/C25H40N2O6/c1-8-32-22(28)13-14-31-16-21(17(2)3)26-23(29)20(27-24(30)33-25(5,6)7)15-19-11-9-18(4)10-12-19/h9-12,17,20-21H,8,13-16H2,1-7H3,(H,26,29)(H,27,30)/t20-,21-/m1/s1. The molecule has 0 fully saturated rings. The normalized spacial score (nSPS) is 13.2. The van der Waals surface area contributed by atoms with Crippen LogP contribution in [0.3, 0.4) is 0 Å². The summed E-state index contributed by atoms with van der Waals surface area (Å²) < 4.78 is 15.8. The number of hydrogen-bond donors (Lipinski definition) is 2. The number of esters is 1. The van der Waals surface area contributed by atoms with Gasteiger partial charge in [-0.25, -0.2) is 4.79 Å². The summed E-state index contributed by atoms with van der Waals surface area (Å²) in [5.74, 6) is -0.561. The Kier molecular flexibility index (Phi) is 11.9. The van der Waals surface area contributed by atoms with Crippen molar-refractivity contribution in [2.75, 3.05) is 19.8 Å². The van der Waals surface area contributed by atoms with Gasteiger partial charge in [0.05, 0.1) is 32.3 Å². The van der Waals surface area contributed by atoms with E-state index in [9.17, 15) is 14.4 Å². The molecule has 0 unspecified atom stereocenters. The fourth-order valence-electron chi connectivity index (χ4n) is 2.90. The number of benzene rings is 1. The van der Waals surface area contributed by atoms with Crippen LogP contribution >= 0.6 is 0 Å². The molecule has 1 rings (SSSR count). The maximum absolute atomic E-state index is 13.1. The van der Waals surface area contributed by atoms with Gasteiger partial charge in [0.2, 0.25) is 5.91 Å². The van der Waals surface area contributed by atoms with Crippen molar-refractivity contribution in [2.24, 2.45) is 5.92 Å². The summed E-state index contributed by atoms with van der Waals surface area (Å²) in [6, 6.07) is 6.69. The molecule has 0 aliphatic rings. The molecule has 8 nitrogen and oxygen atoms in total. The van der Waals surface area contributed by atoms with Gasteiger partial charge in [-0.1, -0.05) is 43.7 Å². The van der Waals surface area contributed by atoms with Gasteiger partial charge >= 0.3 is 12.1 Å². The zero-order valence-electron chi connectivity index (χ0n) is 21.0. The number of amides is 2. The summed E-state index contributed by atoms with van der Waals surface area (Å²) in [7, 11) is 0. The number of hydrogen-bond acceptors (Lipinski definition) is 6. The first-order valence-electron chi connectivity index (χ1n) is 11.5. The molecule has 0 aliphatic carbocycles. The minimum Gasteiger partial charge on any atom is -0.466 e. The Morgan fingerprint density at radius 1 is 1.03 bits per heavy atom. The first-order chi connectivity index (χ1) is 15.4. The van der Waals surface area contributed by atoms with E-state index in [1.54, 1.807) is 27.7 Å². The molecule has 0 spiro atoms. The van der Waals surface area contributed by atoms with Crippen LogP contribution in [0.2, 0.25) is 0 Å². The lowest BCUT2D eigenvalue weighted by molar-refractivity contribution is -0.144. The molecule has 2 amide bonds. The molecule has 0 saturated heterocycles. The smallest absolute Gasteiger partial charge is 0.408 e. The molecule has 186 valence electrons. The molecule has 1 aromatic rings. The maximum Gasteiger partial charge on any atom is 0.408 e. The lowest BCUT2D eigenvalue weighted by Crippen LogP contribution is -2.53. The zero-order chi connectivity index (χ0) is 25.0. The van der Waals surface area contributed by atoms with E-state index in [1.165, 1.54) is 0 Å². The second kappa shape index (κ2) is 13.8. The SMILES string of the molecule is CCOC(=O)CCOC[C@@H](NC(=O)[C@@H](Cc1ccc(C)cc1)NC(=O)OC(C)(C)C)C(C)C. The van der Waals surface area contributed by atoms with E-state index in [4.69, 9.17) is 14.2 Å². The molecule has 0 aliphatic heterocycles. The van der Waals surface area contributed by atoms with Gasteiger partial charge in [0.25, 0.3) is 0 Å². The van der Waals surface area contributed by atoms with Gasteiger partial charge in [0, 0.05) is 6.42 Å². The second-order valence-electron chi connectivity index (χ2n) is 9.38. The van der Waals surface area contributed by atoms with Crippen LogP contribution in [0.1, 0.15) is 59.1 Å². The second-order valence-corrected chi connectivity index (χ2v) is 9.38. The molecular weight excluding hydrogens is 424 g/mol. The third-order valence-electron chi connectivity index (χ3n) is 4.75. The maximum atomic E-state index is 13.1. The van der Waals surface area contributed by atoms with E-state index in [0.29, 0.717) is 13.0 Å². The Labute approximate surface area is 197 Å².